The van der Waals surface area contributed by atoms with Gasteiger partial charge in [0.25, 0.3) is 5.91 Å². The highest BCUT2D eigenvalue weighted by Gasteiger charge is 2.27. The molecule has 1 fully saturated rings. The van der Waals surface area contributed by atoms with Gasteiger partial charge in [-0.25, -0.2) is 0 Å². The van der Waals surface area contributed by atoms with Crippen LogP contribution in [0.5, 0.6) is 0 Å². The van der Waals surface area contributed by atoms with E-state index in [-0.39, 0.29) is 17.9 Å². The fourth-order valence-electron chi connectivity index (χ4n) is 2.38. The molecule has 0 radical (unpaired) electrons. The van der Waals surface area contributed by atoms with Crippen LogP contribution in [0.3, 0.4) is 0 Å². The number of carbonyl (C=O) groups is 1. The summed E-state index contributed by atoms with van der Waals surface area (Å²) in [5.41, 5.74) is 6.78. The summed E-state index contributed by atoms with van der Waals surface area (Å²) < 4.78 is 0. The van der Waals surface area contributed by atoms with Crippen LogP contribution in [0.2, 0.25) is 0 Å². The zero-order valence-electron chi connectivity index (χ0n) is 11.7. The number of aliphatic hydroxyl groups is 1. The topological polar surface area (TPSA) is 66.6 Å². The highest BCUT2D eigenvalue weighted by Crippen LogP contribution is 2.19. The lowest BCUT2D eigenvalue weighted by Gasteiger charge is -2.34. The molecule has 1 aromatic carbocycles. The Morgan fingerprint density at radius 2 is 2.35 bits per heavy atom. The third kappa shape index (κ3) is 3.38. The van der Waals surface area contributed by atoms with Gasteiger partial charge >= 0.3 is 0 Å². The molecule has 0 spiro atoms. The van der Waals surface area contributed by atoms with Crippen LogP contribution in [0.15, 0.2) is 24.3 Å². The quantitative estimate of drug-likeness (QED) is 0.745. The van der Waals surface area contributed by atoms with Gasteiger partial charge in [0.2, 0.25) is 0 Å². The van der Waals surface area contributed by atoms with Gasteiger partial charge in [0.1, 0.15) is 0 Å². The summed E-state index contributed by atoms with van der Waals surface area (Å²) in [6.07, 6.45) is 0.334. The van der Waals surface area contributed by atoms with Gasteiger partial charge in [0, 0.05) is 24.2 Å². The van der Waals surface area contributed by atoms with Gasteiger partial charge in [-0.2, -0.15) is 0 Å². The number of amides is 1. The second-order valence-corrected chi connectivity index (χ2v) is 5.17. The van der Waals surface area contributed by atoms with Crippen molar-refractivity contribution in [1.82, 2.24) is 4.90 Å². The van der Waals surface area contributed by atoms with Gasteiger partial charge in [-0.1, -0.05) is 24.8 Å². The van der Waals surface area contributed by atoms with Crippen molar-refractivity contribution < 1.29 is 9.90 Å². The van der Waals surface area contributed by atoms with Crippen LogP contribution in [0.1, 0.15) is 29.3 Å². The summed E-state index contributed by atoms with van der Waals surface area (Å²) in [5.74, 6) is 5.83. The summed E-state index contributed by atoms with van der Waals surface area (Å²) in [7, 11) is 0. The summed E-state index contributed by atoms with van der Waals surface area (Å²) in [6, 6.07) is 7.28. The molecule has 1 aliphatic rings. The second kappa shape index (κ2) is 6.56. The van der Waals surface area contributed by atoms with E-state index in [9.17, 15) is 9.90 Å². The number of piperidine rings is 1. The number of nitrogens with zero attached hydrogens (tertiary/aromatic N) is 1. The van der Waals surface area contributed by atoms with Gasteiger partial charge < -0.3 is 15.7 Å². The molecular weight excluding hydrogens is 252 g/mol. The first-order valence-corrected chi connectivity index (χ1v) is 6.88. The van der Waals surface area contributed by atoms with Crippen molar-refractivity contribution in [1.29, 1.82) is 0 Å². The zero-order chi connectivity index (χ0) is 14.5. The number of nitrogens with two attached hydrogens (primary N) is 1. The van der Waals surface area contributed by atoms with E-state index in [4.69, 9.17) is 5.73 Å². The summed E-state index contributed by atoms with van der Waals surface area (Å²) >= 11 is 0. The van der Waals surface area contributed by atoms with Gasteiger partial charge in [-0.15, -0.1) is 0 Å². The van der Waals surface area contributed by atoms with Crippen LogP contribution in [0.25, 0.3) is 0 Å². The largest absolute Gasteiger partial charge is 0.393 e. The van der Waals surface area contributed by atoms with Crippen LogP contribution in [0, 0.1) is 17.8 Å². The molecule has 2 unspecified atom stereocenters. The summed E-state index contributed by atoms with van der Waals surface area (Å²) in [6.45, 7) is 3.47. The van der Waals surface area contributed by atoms with E-state index in [1.807, 2.05) is 19.1 Å². The van der Waals surface area contributed by atoms with Crippen molar-refractivity contribution >= 4 is 5.91 Å². The van der Waals surface area contributed by atoms with Gasteiger partial charge in [0.15, 0.2) is 0 Å². The predicted molar refractivity (Wildman–Crippen MR) is 78.1 cm³/mol. The van der Waals surface area contributed by atoms with E-state index < -0.39 is 0 Å². The molecule has 1 aromatic rings. The molecule has 0 saturated carbocycles. The molecule has 0 aromatic heterocycles. The Kier molecular flexibility index (Phi) is 4.78. The lowest BCUT2D eigenvalue weighted by atomic mass is 9.96. The maximum atomic E-state index is 12.4. The molecule has 1 saturated heterocycles. The van der Waals surface area contributed by atoms with E-state index in [0.717, 1.165) is 5.56 Å². The fraction of sp³-hybridized carbons (Fsp3) is 0.438. The zero-order valence-corrected chi connectivity index (χ0v) is 11.7. The van der Waals surface area contributed by atoms with Gasteiger partial charge in [0.05, 0.1) is 12.6 Å². The number of aliphatic hydroxyl groups excluding tert-OH is 1. The molecule has 4 nitrogen and oxygen atoms in total. The number of carbonyl (C=O) groups excluding carboxylic acids is 1. The average molecular weight is 272 g/mol. The van der Waals surface area contributed by atoms with E-state index in [2.05, 4.69) is 11.8 Å². The number of benzene rings is 1. The fourth-order valence-corrected chi connectivity index (χ4v) is 2.38. The second-order valence-electron chi connectivity index (χ2n) is 5.17. The Morgan fingerprint density at radius 1 is 1.55 bits per heavy atom. The van der Waals surface area contributed by atoms with Crippen molar-refractivity contribution in [3.63, 3.8) is 0 Å². The Morgan fingerprint density at radius 3 is 3.05 bits per heavy atom. The minimum absolute atomic E-state index is 0.000137. The number of hydrogen-bond acceptors (Lipinski definition) is 3. The van der Waals surface area contributed by atoms with Crippen LogP contribution >= 0.6 is 0 Å². The lowest BCUT2D eigenvalue weighted by Crippen LogP contribution is -2.44. The van der Waals surface area contributed by atoms with E-state index in [1.165, 1.54) is 0 Å². The Labute approximate surface area is 119 Å². The molecule has 3 N–H and O–H groups in total. The molecule has 20 heavy (non-hydrogen) atoms. The molecule has 1 heterocycles. The number of rotatable bonds is 1. The molecule has 1 aliphatic heterocycles. The molecular formula is C16H20N2O2. The third-order valence-electron chi connectivity index (χ3n) is 3.59. The SMILES string of the molecule is CC1CN(C(=O)c2cccc(C#CCN)c2)CCC1O. The average Bonchev–Trinajstić information content (AvgIpc) is 2.47. The van der Waals surface area contributed by atoms with Gasteiger partial charge in [-0.3, -0.25) is 4.79 Å². The smallest absolute Gasteiger partial charge is 0.253 e. The molecule has 2 atom stereocenters. The number of likely N-dealkylation sites (tertiary alicyclic amines) is 1. The first-order chi connectivity index (χ1) is 9.61. The molecule has 4 heteroatoms. The molecule has 2 rings (SSSR count). The van der Waals surface area contributed by atoms with E-state index >= 15 is 0 Å². The first kappa shape index (κ1) is 14.6. The summed E-state index contributed by atoms with van der Waals surface area (Å²) in [4.78, 5) is 14.2. The van der Waals surface area contributed by atoms with E-state index in [0.29, 0.717) is 31.6 Å². The highest BCUT2D eigenvalue weighted by atomic mass is 16.3. The molecule has 0 bridgehead atoms. The Bertz CT molecular complexity index is 545. The molecule has 1 amide bonds. The van der Waals surface area contributed by atoms with Crippen molar-refractivity contribution in [2.24, 2.45) is 11.7 Å². The van der Waals surface area contributed by atoms with Crippen molar-refractivity contribution in [2.45, 2.75) is 19.4 Å². The van der Waals surface area contributed by atoms with Crippen LogP contribution in [-0.4, -0.2) is 41.7 Å². The standard InChI is InChI=1S/C16H20N2O2/c1-12-11-18(9-7-15(12)19)16(20)14-6-2-4-13(10-14)5-3-8-17/h2,4,6,10,12,15,19H,7-9,11,17H2,1H3. The number of hydrogen-bond donors (Lipinski definition) is 2. The Balaban J connectivity index is 2.13. The lowest BCUT2D eigenvalue weighted by molar-refractivity contribution is 0.0297. The maximum Gasteiger partial charge on any atom is 0.253 e. The van der Waals surface area contributed by atoms with Crippen molar-refractivity contribution in [3.8, 4) is 11.8 Å². The Hall–Kier alpha value is -1.83. The third-order valence-corrected chi connectivity index (χ3v) is 3.59. The van der Waals surface area contributed by atoms with Crippen molar-refractivity contribution in [3.05, 3.63) is 35.4 Å². The van der Waals surface area contributed by atoms with Crippen LogP contribution in [0.4, 0.5) is 0 Å². The normalized spacial score (nSPS) is 22.1. The van der Waals surface area contributed by atoms with Crippen LogP contribution in [-0.2, 0) is 0 Å². The van der Waals surface area contributed by atoms with Gasteiger partial charge in [-0.05, 0) is 30.5 Å². The van der Waals surface area contributed by atoms with E-state index in [1.54, 1.807) is 17.0 Å². The highest BCUT2D eigenvalue weighted by molar-refractivity contribution is 5.94. The monoisotopic (exact) mass is 272 g/mol. The summed E-state index contributed by atoms with van der Waals surface area (Å²) in [5, 5.41) is 9.72. The van der Waals surface area contributed by atoms with Crippen LogP contribution < -0.4 is 5.73 Å². The predicted octanol–water partition coefficient (Wildman–Crippen LogP) is 0.840. The molecule has 106 valence electrons. The molecule has 0 aliphatic carbocycles. The van der Waals surface area contributed by atoms with Crippen molar-refractivity contribution in [2.75, 3.05) is 19.6 Å². The first-order valence-electron chi connectivity index (χ1n) is 6.88. The maximum absolute atomic E-state index is 12.4. The minimum Gasteiger partial charge on any atom is -0.393 e. The minimum atomic E-state index is -0.305.